The largest absolute Gasteiger partial charge is 0.344 e. The van der Waals surface area contributed by atoms with Gasteiger partial charge in [0.1, 0.15) is 11.0 Å². The van der Waals surface area contributed by atoms with Crippen LogP contribution in [0.25, 0.3) is 0 Å². The highest BCUT2D eigenvalue weighted by Crippen LogP contribution is 2.26. The van der Waals surface area contributed by atoms with E-state index in [1.165, 1.54) is 6.07 Å². The van der Waals surface area contributed by atoms with Gasteiger partial charge in [-0.25, -0.2) is 10.8 Å². The van der Waals surface area contributed by atoms with Crippen molar-refractivity contribution in [1.82, 2.24) is 10.3 Å². The molecule has 2 rings (SSSR count). The molecule has 5 nitrogen and oxygen atoms in total. The van der Waals surface area contributed by atoms with Crippen molar-refractivity contribution in [2.75, 3.05) is 5.43 Å². The van der Waals surface area contributed by atoms with Crippen LogP contribution in [0.2, 0.25) is 5.15 Å². The molecule has 0 fully saturated rings. The van der Waals surface area contributed by atoms with Gasteiger partial charge in [0, 0.05) is 10.4 Å². The lowest BCUT2D eigenvalue weighted by Gasteiger charge is -2.21. The van der Waals surface area contributed by atoms with Crippen molar-refractivity contribution in [1.29, 1.82) is 0 Å². The summed E-state index contributed by atoms with van der Waals surface area (Å²) in [6, 6.07) is 7.03. The monoisotopic (exact) mass is 324 g/mol. The van der Waals surface area contributed by atoms with Gasteiger partial charge in [-0.2, -0.15) is 0 Å². The van der Waals surface area contributed by atoms with Crippen molar-refractivity contribution in [3.8, 4) is 0 Å². The first kappa shape index (κ1) is 15.8. The number of anilines is 1. The molecule has 0 bridgehead atoms. The van der Waals surface area contributed by atoms with E-state index >= 15 is 0 Å². The summed E-state index contributed by atoms with van der Waals surface area (Å²) in [5.41, 5.74) is 2.81. The smallest absolute Gasteiger partial charge is 0.252 e. The molecule has 0 aromatic carbocycles. The SMILES string of the molecule is CC(C)C(NC(=O)c1cc(Cl)nc(NN)c1)c1cccs1. The van der Waals surface area contributed by atoms with Crippen molar-refractivity contribution in [3.63, 3.8) is 0 Å². The molecular formula is C14H17ClN4OS. The number of hydrazine groups is 1. The molecule has 0 spiro atoms. The molecule has 21 heavy (non-hydrogen) atoms. The topological polar surface area (TPSA) is 80.0 Å². The molecule has 0 aliphatic heterocycles. The normalized spacial score (nSPS) is 12.2. The minimum absolute atomic E-state index is 0.0428. The van der Waals surface area contributed by atoms with Gasteiger partial charge in [-0.1, -0.05) is 31.5 Å². The fourth-order valence-corrected chi connectivity index (χ4v) is 3.12. The maximum Gasteiger partial charge on any atom is 0.252 e. The van der Waals surface area contributed by atoms with Gasteiger partial charge in [-0.3, -0.25) is 4.79 Å². The number of rotatable bonds is 5. The summed E-state index contributed by atoms with van der Waals surface area (Å²) < 4.78 is 0. The van der Waals surface area contributed by atoms with Crippen LogP contribution < -0.4 is 16.6 Å². The number of nitrogens with one attached hydrogen (secondary N) is 2. The Kier molecular flexibility index (Phi) is 5.17. The molecule has 0 aliphatic carbocycles. The zero-order valence-corrected chi connectivity index (χ0v) is 13.3. The van der Waals surface area contributed by atoms with Gasteiger partial charge >= 0.3 is 0 Å². The predicted octanol–water partition coefficient (Wildman–Crippen LogP) is 3.21. The highest BCUT2D eigenvalue weighted by Gasteiger charge is 2.20. The quantitative estimate of drug-likeness (QED) is 0.448. The third kappa shape index (κ3) is 3.93. The fourth-order valence-electron chi connectivity index (χ4n) is 1.96. The summed E-state index contributed by atoms with van der Waals surface area (Å²) in [6.07, 6.45) is 0. The first-order chi connectivity index (χ1) is 10.0. The van der Waals surface area contributed by atoms with E-state index in [-0.39, 0.29) is 23.0 Å². The second-order valence-electron chi connectivity index (χ2n) is 4.92. The van der Waals surface area contributed by atoms with Crippen molar-refractivity contribution in [2.24, 2.45) is 11.8 Å². The average molecular weight is 325 g/mol. The Hall–Kier alpha value is -1.63. The van der Waals surface area contributed by atoms with Crippen LogP contribution in [0.15, 0.2) is 29.6 Å². The molecule has 0 radical (unpaired) electrons. The summed E-state index contributed by atoms with van der Waals surface area (Å²) in [5, 5.41) is 5.24. The first-order valence-electron chi connectivity index (χ1n) is 6.49. The number of nitrogen functional groups attached to an aromatic ring is 1. The number of thiophene rings is 1. The molecule has 2 aromatic rings. The number of pyridine rings is 1. The Labute approximate surface area is 132 Å². The summed E-state index contributed by atoms with van der Waals surface area (Å²) >= 11 is 7.51. The summed E-state index contributed by atoms with van der Waals surface area (Å²) in [5.74, 6) is 5.73. The molecule has 0 aliphatic rings. The molecule has 2 aromatic heterocycles. The molecule has 1 unspecified atom stereocenters. The molecule has 1 atom stereocenters. The molecule has 2 heterocycles. The number of halogens is 1. The van der Waals surface area contributed by atoms with Gasteiger partial charge in [0.05, 0.1) is 6.04 Å². The minimum atomic E-state index is -0.206. The van der Waals surface area contributed by atoms with Crippen molar-refractivity contribution in [3.05, 3.63) is 45.2 Å². The molecule has 112 valence electrons. The van der Waals surface area contributed by atoms with Crippen molar-refractivity contribution in [2.45, 2.75) is 19.9 Å². The van der Waals surface area contributed by atoms with Gasteiger partial charge < -0.3 is 10.7 Å². The molecule has 0 saturated heterocycles. The predicted molar refractivity (Wildman–Crippen MR) is 86.4 cm³/mol. The summed E-state index contributed by atoms with van der Waals surface area (Å²) in [4.78, 5) is 17.5. The number of aromatic nitrogens is 1. The lowest BCUT2D eigenvalue weighted by atomic mass is 10.0. The summed E-state index contributed by atoms with van der Waals surface area (Å²) in [7, 11) is 0. The number of carbonyl (C=O) groups is 1. The standard InChI is InChI=1S/C14H17ClN4OS/c1-8(2)13(10-4-3-5-21-10)18-14(20)9-6-11(15)17-12(7-9)19-16/h3-8,13H,16H2,1-2H3,(H,17,19)(H,18,20). The second-order valence-corrected chi connectivity index (χ2v) is 6.29. The maximum atomic E-state index is 12.4. The molecule has 0 saturated carbocycles. The lowest BCUT2D eigenvalue weighted by molar-refractivity contribution is 0.0926. The van der Waals surface area contributed by atoms with Gasteiger partial charge in [0.15, 0.2) is 0 Å². The number of nitrogens with zero attached hydrogens (tertiary/aromatic N) is 1. The molecule has 7 heteroatoms. The number of hydrogen-bond acceptors (Lipinski definition) is 5. The van der Waals surface area contributed by atoms with Crippen LogP contribution in [0.4, 0.5) is 5.82 Å². The third-order valence-corrected chi connectivity index (χ3v) is 4.16. The Morgan fingerprint density at radius 3 is 2.76 bits per heavy atom. The van der Waals surface area contributed by atoms with Gasteiger partial charge in [0.2, 0.25) is 0 Å². The van der Waals surface area contributed by atoms with Crippen LogP contribution in [0.3, 0.4) is 0 Å². The highest BCUT2D eigenvalue weighted by molar-refractivity contribution is 7.10. The number of carbonyl (C=O) groups excluding carboxylic acids is 1. The van der Waals surface area contributed by atoms with Crippen LogP contribution in [0.1, 0.15) is 35.1 Å². The Morgan fingerprint density at radius 2 is 2.19 bits per heavy atom. The van der Waals surface area contributed by atoms with Crippen molar-refractivity contribution < 1.29 is 4.79 Å². The van der Waals surface area contributed by atoms with E-state index in [9.17, 15) is 4.79 Å². The van der Waals surface area contributed by atoms with E-state index in [4.69, 9.17) is 17.4 Å². The van der Waals surface area contributed by atoms with E-state index < -0.39 is 0 Å². The molecule has 1 amide bonds. The van der Waals surface area contributed by atoms with E-state index in [0.717, 1.165) is 4.88 Å². The second kappa shape index (κ2) is 6.89. The van der Waals surface area contributed by atoms with Gasteiger partial charge in [0.25, 0.3) is 5.91 Å². The average Bonchev–Trinajstić information content (AvgIpc) is 2.97. The van der Waals surface area contributed by atoms with Crippen LogP contribution in [-0.4, -0.2) is 10.9 Å². The molecule has 4 N–H and O–H groups in total. The zero-order valence-electron chi connectivity index (χ0n) is 11.8. The zero-order chi connectivity index (χ0) is 15.4. The van der Waals surface area contributed by atoms with E-state index in [2.05, 4.69) is 29.6 Å². The van der Waals surface area contributed by atoms with Gasteiger partial charge in [-0.05, 0) is 29.5 Å². The number of nitrogens with two attached hydrogens (primary N) is 1. The van der Waals surface area contributed by atoms with Crippen LogP contribution in [-0.2, 0) is 0 Å². The Morgan fingerprint density at radius 1 is 1.43 bits per heavy atom. The molecular weight excluding hydrogens is 308 g/mol. The number of hydrogen-bond donors (Lipinski definition) is 3. The summed E-state index contributed by atoms with van der Waals surface area (Å²) in [6.45, 7) is 4.13. The number of amides is 1. The lowest BCUT2D eigenvalue weighted by Crippen LogP contribution is -2.31. The Bertz CT molecular complexity index is 615. The van der Waals surface area contributed by atoms with Gasteiger partial charge in [-0.15, -0.1) is 11.3 Å². The van der Waals surface area contributed by atoms with E-state index in [1.54, 1.807) is 17.4 Å². The van der Waals surface area contributed by atoms with Crippen LogP contribution >= 0.6 is 22.9 Å². The van der Waals surface area contributed by atoms with Crippen LogP contribution in [0, 0.1) is 5.92 Å². The minimum Gasteiger partial charge on any atom is -0.344 e. The maximum absolute atomic E-state index is 12.4. The fraction of sp³-hybridized carbons (Fsp3) is 0.286. The third-order valence-electron chi connectivity index (χ3n) is 3.01. The van der Waals surface area contributed by atoms with Crippen LogP contribution in [0.5, 0.6) is 0 Å². The van der Waals surface area contributed by atoms with Crippen molar-refractivity contribution >= 4 is 34.7 Å². The Balaban J connectivity index is 2.21. The highest BCUT2D eigenvalue weighted by atomic mass is 35.5. The van der Waals surface area contributed by atoms with E-state index in [0.29, 0.717) is 11.4 Å². The van der Waals surface area contributed by atoms with E-state index in [1.807, 2.05) is 17.5 Å². The first-order valence-corrected chi connectivity index (χ1v) is 7.75.